The standard InChI is InChI=1S/C19H18N2O/c1-13-12-18(21-17-11-7-6-10-16(13)17)14(2)20-19(22)15-8-4-3-5-9-15/h3-12,14H,1-2H3,(H,20,22). The van der Waals surface area contributed by atoms with E-state index in [1.165, 1.54) is 5.56 Å². The van der Waals surface area contributed by atoms with Gasteiger partial charge in [-0.3, -0.25) is 9.78 Å². The molecule has 0 fully saturated rings. The maximum Gasteiger partial charge on any atom is 0.251 e. The molecule has 0 bridgehead atoms. The van der Waals surface area contributed by atoms with Crippen molar-refractivity contribution in [3.05, 3.63) is 77.5 Å². The molecule has 0 saturated heterocycles. The topological polar surface area (TPSA) is 42.0 Å². The Labute approximate surface area is 130 Å². The fourth-order valence-electron chi connectivity index (χ4n) is 2.54. The largest absolute Gasteiger partial charge is 0.344 e. The number of aryl methyl sites for hydroxylation is 1. The Morgan fingerprint density at radius 1 is 1.05 bits per heavy atom. The fourth-order valence-corrected chi connectivity index (χ4v) is 2.54. The SMILES string of the molecule is Cc1cc(C(C)NC(=O)c2ccccc2)nc2ccccc12. The van der Waals surface area contributed by atoms with Crippen molar-refractivity contribution in [1.29, 1.82) is 0 Å². The van der Waals surface area contributed by atoms with Gasteiger partial charge in [-0.05, 0) is 43.7 Å². The Bertz CT molecular complexity index is 812. The van der Waals surface area contributed by atoms with Crippen LogP contribution in [0.1, 0.15) is 34.6 Å². The van der Waals surface area contributed by atoms with Crippen LogP contribution in [0.15, 0.2) is 60.7 Å². The van der Waals surface area contributed by atoms with Gasteiger partial charge < -0.3 is 5.32 Å². The number of carbonyl (C=O) groups is 1. The smallest absolute Gasteiger partial charge is 0.251 e. The van der Waals surface area contributed by atoms with E-state index in [1.807, 2.05) is 49.4 Å². The first-order valence-electron chi connectivity index (χ1n) is 7.37. The molecule has 3 heteroatoms. The number of pyridine rings is 1. The number of carbonyl (C=O) groups excluding carboxylic acids is 1. The van der Waals surface area contributed by atoms with E-state index in [0.717, 1.165) is 16.6 Å². The second kappa shape index (κ2) is 5.98. The highest BCUT2D eigenvalue weighted by Crippen LogP contribution is 2.21. The van der Waals surface area contributed by atoms with Gasteiger partial charge in [0.25, 0.3) is 5.91 Å². The lowest BCUT2D eigenvalue weighted by Gasteiger charge is -2.15. The van der Waals surface area contributed by atoms with Gasteiger partial charge in [-0.1, -0.05) is 36.4 Å². The first kappa shape index (κ1) is 14.3. The summed E-state index contributed by atoms with van der Waals surface area (Å²) in [7, 11) is 0. The molecule has 1 atom stereocenters. The van der Waals surface area contributed by atoms with Gasteiger partial charge in [0.05, 0.1) is 17.3 Å². The molecule has 0 spiro atoms. The second-order valence-corrected chi connectivity index (χ2v) is 5.44. The van der Waals surface area contributed by atoms with Crippen LogP contribution in [0.25, 0.3) is 10.9 Å². The van der Waals surface area contributed by atoms with Crippen LogP contribution in [0.3, 0.4) is 0 Å². The molecule has 0 radical (unpaired) electrons. The van der Waals surface area contributed by atoms with Gasteiger partial charge in [0.15, 0.2) is 0 Å². The van der Waals surface area contributed by atoms with Gasteiger partial charge in [0.2, 0.25) is 0 Å². The summed E-state index contributed by atoms with van der Waals surface area (Å²) in [5.41, 5.74) is 3.66. The zero-order valence-corrected chi connectivity index (χ0v) is 12.7. The van der Waals surface area contributed by atoms with Gasteiger partial charge in [0.1, 0.15) is 0 Å². The maximum atomic E-state index is 12.2. The summed E-state index contributed by atoms with van der Waals surface area (Å²) >= 11 is 0. The summed E-state index contributed by atoms with van der Waals surface area (Å²) in [5, 5.41) is 4.15. The average molecular weight is 290 g/mol. The maximum absolute atomic E-state index is 12.2. The van der Waals surface area contributed by atoms with Crippen LogP contribution in [0, 0.1) is 6.92 Å². The molecule has 0 aliphatic carbocycles. The van der Waals surface area contributed by atoms with Crippen LogP contribution in [0.4, 0.5) is 0 Å². The molecule has 1 amide bonds. The van der Waals surface area contributed by atoms with E-state index >= 15 is 0 Å². The third-order valence-corrected chi connectivity index (χ3v) is 3.77. The van der Waals surface area contributed by atoms with Crippen LogP contribution in [0.2, 0.25) is 0 Å². The van der Waals surface area contributed by atoms with E-state index in [9.17, 15) is 4.79 Å². The summed E-state index contributed by atoms with van der Waals surface area (Å²) in [4.78, 5) is 16.9. The lowest BCUT2D eigenvalue weighted by molar-refractivity contribution is 0.0939. The third-order valence-electron chi connectivity index (χ3n) is 3.77. The Hall–Kier alpha value is -2.68. The van der Waals surface area contributed by atoms with Crippen LogP contribution < -0.4 is 5.32 Å². The Morgan fingerprint density at radius 3 is 2.50 bits per heavy atom. The highest BCUT2D eigenvalue weighted by molar-refractivity contribution is 5.94. The second-order valence-electron chi connectivity index (χ2n) is 5.44. The molecule has 110 valence electrons. The predicted octanol–water partition coefficient (Wildman–Crippen LogP) is 4.03. The highest BCUT2D eigenvalue weighted by Gasteiger charge is 2.13. The molecule has 0 aliphatic rings. The molecule has 3 rings (SSSR count). The molecular weight excluding hydrogens is 272 g/mol. The van der Waals surface area contributed by atoms with E-state index < -0.39 is 0 Å². The molecule has 3 nitrogen and oxygen atoms in total. The first-order chi connectivity index (χ1) is 10.6. The lowest BCUT2D eigenvalue weighted by atomic mass is 10.1. The number of nitrogens with one attached hydrogen (secondary N) is 1. The van der Waals surface area contributed by atoms with Gasteiger partial charge in [0, 0.05) is 10.9 Å². The lowest BCUT2D eigenvalue weighted by Crippen LogP contribution is -2.27. The monoisotopic (exact) mass is 290 g/mol. The number of aromatic nitrogens is 1. The van der Waals surface area contributed by atoms with E-state index in [4.69, 9.17) is 0 Å². The number of amides is 1. The summed E-state index contributed by atoms with van der Waals surface area (Å²) in [5.74, 6) is -0.0827. The number of rotatable bonds is 3. The average Bonchev–Trinajstić information content (AvgIpc) is 2.55. The molecule has 2 aromatic carbocycles. The number of benzene rings is 2. The minimum absolute atomic E-state index is 0.0827. The van der Waals surface area contributed by atoms with Gasteiger partial charge in [-0.2, -0.15) is 0 Å². The van der Waals surface area contributed by atoms with Crippen molar-refractivity contribution in [3.8, 4) is 0 Å². The fraction of sp³-hybridized carbons (Fsp3) is 0.158. The minimum atomic E-state index is -0.143. The van der Waals surface area contributed by atoms with Crippen LogP contribution in [-0.4, -0.2) is 10.9 Å². The predicted molar refractivity (Wildman–Crippen MR) is 88.8 cm³/mol. The summed E-state index contributed by atoms with van der Waals surface area (Å²) in [6.07, 6.45) is 0. The minimum Gasteiger partial charge on any atom is -0.344 e. The molecule has 22 heavy (non-hydrogen) atoms. The van der Waals surface area contributed by atoms with Crippen molar-refractivity contribution >= 4 is 16.8 Å². The van der Waals surface area contributed by atoms with Crippen molar-refractivity contribution in [1.82, 2.24) is 10.3 Å². The number of para-hydroxylation sites is 1. The molecule has 0 aliphatic heterocycles. The molecule has 1 aromatic heterocycles. The van der Waals surface area contributed by atoms with E-state index in [2.05, 4.69) is 23.3 Å². The first-order valence-corrected chi connectivity index (χ1v) is 7.37. The number of fused-ring (bicyclic) bond motifs is 1. The highest BCUT2D eigenvalue weighted by atomic mass is 16.1. The number of hydrogen-bond donors (Lipinski definition) is 1. The zero-order valence-electron chi connectivity index (χ0n) is 12.7. The van der Waals surface area contributed by atoms with Crippen molar-refractivity contribution in [2.24, 2.45) is 0 Å². The molecule has 1 unspecified atom stereocenters. The van der Waals surface area contributed by atoms with Crippen LogP contribution in [0.5, 0.6) is 0 Å². The molecule has 0 saturated carbocycles. The number of nitrogens with zero attached hydrogens (tertiary/aromatic N) is 1. The Kier molecular flexibility index (Phi) is 3.88. The molecular formula is C19H18N2O. The number of hydrogen-bond acceptors (Lipinski definition) is 2. The van der Waals surface area contributed by atoms with Crippen LogP contribution >= 0.6 is 0 Å². The molecule has 1 heterocycles. The Morgan fingerprint density at radius 2 is 1.73 bits per heavy atom. The molecule has 1 N–H and O–H groups in total. The van der Waals surface area contributed by atoms with E-state index in [1.54, 1.807) is 12.1 Å². The van der Waals surface area contributed by atoms with E-state index in [0.29, 0.717) is 5.56 Å². The normalized spacial score (nSPS) is 12.1. The van der Waals surface area contributed by atoms with Gasteiger partial charge >= 0.3 is 0 Å². The summed E-state index contributed by atoms with van der Waals surface area (Å²) in [6.45, 7) is 4.02. The zero-order chi connectivity index (χ0) is 15.5. The van der Waals surface area contributed by atoms with Crippen molar-refractivity contribution < 1.29 is 4.79 Å². The summed E-state index contributed by atoms with van der Waals surface area (Å²) < 4.78 is 0. The van der Waals surface area contributed by atoms with Crippen molar-refractivity contribution in [2.45, 2.75) is 19.9 Å². The van der Waals surface area contributed by atoms with E-state index in [-0.39, 0.29) is 11.9 Å². The Balaban J connectivity index is 1.86. The van der Waals surface area contributed by atoms with Gasteiger partial charge in [-0.15, -0.1) is 0 Å². The quantitative estimate of drug-likeness (QED) is 0.791. The van der Waals surface area contributed by atoms with Crippen molar-refractivity contribution in [2.75, 3.05) is 0 Å². The van der Waals surface area contributed by atoms with Crippen LogP contribution in [-0.2, 0) is 0 Å². The van der Waals surface area contributed by atoms with Crippen molar-refractivity contribution in [3.63, 3.8) is 0 Å². The van der Waals surface area contributed by atoms with Gasteiger partial charge in [-0.25, -0.2) is 0 Å². The third kappa shape index (κ3) is 2.84. The molecule has 3 aromatic rings. The summed E-state index contributed by atoms with van der Waals surface area (Å²) in [6, 6.07) is 19.2.